The van der Waals surface area contributed by atoms with Crippen molar-refractivity contribution in [2.75, 3.05) is 0 Å². The average Bonchev–Trinajstić information content (AvgIpc) is 2.04. The lowest BCUT2D eigenvalue weighted by atomic mass is 10.2. The Morgan fingerprint density at radius 2 is 2.20 bits per heavy atom. The monoisotopic (exact) mass is 138 g/mol. The maximum Gasteiger partial charge on any atom is 0.124 e. The minimum absolute atomic E-state index is 0.928. The lowest BCUT2D eigenvalue weighted by molar-refractivity contribution is 0.314. The van der Waals surface area contributed by atoms with Crippen LogP contribution in [-0.2, 0) is 4.74 Å². The van der Waals surface area contributed by atoms with E-state index in [1.165, 1.54) is 0 Å². The Balaban J connectivity index is 2.66. The van der Waals surface area contributed by atoms with Crippen LogP contribution < -0.4 is 5.32 Å². The summed E-state index contributed by atoms with van der Waals surface area (Å²) in [7, 11) is 0. The predicted molar refractivity (Wildman–Crippen MR) is 40.0 cm³/mol. The standard InChI is InChI=1S/C8H12NO/c1-3-7-8(4-2)10-6-5-9-7/h5-6H,3-4H2,1-2H3. The number of hydrogen-bond donors (Lipinski definition) is 0. The summed E-state index contributed by atoms with van der Waals surface area (Å²) in [6, 6.07) is 0. The zero-order valence-corrected chi connectivity index (χ0v) is 6.42. The molecule has 2 nitrogen and oxygen atoms in total. The minimum atomic E-state index is 0.928. The smallest absolute Gasteiger partial charge is 0.124 e. The van der Waals surface area contributed by atoms with Gasteiger partial charge >= 0.3 is 0 Å². The zero-order valence-electron chi connectivity index (χ0n) is 6.42. The third-order valence-electron chi connectivity index (χ3n) is 1.48. The number of allylic oxidation sites excluding steroid dienone is 2. The van der Waals surface area contributed by atoms with Gasteiger partial charge in [-0.25, -0.2) is 0 Å². The number of rotatable bonds is 2. The first-order valence-corrected chi connectivity index (χ1v) is 3.63. The summed E-state index contributed by atoms with van der Waals surface area (Å²) >= 11 is 0. The molecule has 0 amide bonds. The van der Waals surface area contributed by atoms with Gasteiger partial charge in [-0.1, -0.05) is 13.8 Å². The van der Waals surface area contributed by atoms with E-state index in [0.717, 1.165) is 24.3 Å². The third-order valence-corrected chi connectivity index (χ3v) is 1.48. The molecule has 0 fully saturated rings. The van der Waals surface area contributed by atoms with Gasteiger partial charge < -0.3 is 4.74 Å². The Bertz CT molecular complexity index is 152. The SMILES string of the molecule is CCC1=C(CC)OC=C[N]1. The second kappa shape index (κ2) is 3.30. The highest BCUT2D eigenvalue weighted by atomic mass is 16.5. The van der Waals surface area contributed by atoms with Gasteiger partial charge in [-0.3, -0.25) is 5.32 Å². The van der Waals surface area contributed by atoms with Gasteiger partial charge in [-0.15, -0.1) is 0 Å². The third kappa shape index (κ3) is 1.32. The van der Waals surface area contributed by atoms with E-state index in [0.29, 0.717) is 0 Å². The van der Waals surface area contributed by atoms with E-state index >= 15 is 0 Å². The summed E-state index contributed by atoms with van der Waals surface area (Å²) in [5.74, 6) is 1.00. The molecule has 0 bridgehead atoms. The first-order valence-electron chi connectivity index (χ1n) is 3.63. The second-order valence-electron chi connectivity index (χ2n) is 2.11. The Kier molecular flexibility index (Phi) is 2.37. The van der Waals surface area contributed by atoms with Crippen LogP contribution in [0.4, 0.5) is 0 Å². The molecule has 0 aliphatic carbocycles. The summed E-state index contributed by atoms with van der Waals surface area (Å²) in [4.78, 5) is 0. The van der Waals surface area contributed by atoms with E-state index in [4.69, 9.17) is 4.74 Å². The summed E-state index contributed by atoms with van der Waals surface area (Å²) in [5.41, 5.74) is 1.07. The topological polar surface area (TPSA) is 23.3 Å². The lowest BCUT2D eigenvalue weighted by Gasteiger charge is -2.13. The molecule has 0 spiro atoms. The van der Waals surface area contributed by atoms with Crippen molar-refractivity contribution in [3.63, 3.8) is 0 Å². The summed E-state index contributed by atoms with van der Waals surface area (Å²) in [6.07, 6.45) is 5.19. The maximum absolute atomic E-state index is 5.24. The Morgan fingerprint density at radius 3 is 2.70 bits per heavy atom. The van der Waals surface area contributed by atoms with Crippen LogP contribution in [0.15, 0.2) is 23.9 Å². The normalized spacial score (nSPS) is 16.6. The van der Waals surface area contributed by atoms with Crippen molar-refractivity contribution in [2.24, 2.45) is 0 Å². The van der Waals surface area contributed by atoms with Crippen LogP contribution in [0.5, 0.6) is 0 Å². The van der Waals surface area contributed by atoms with Crippen molar-refractivity contribution in [1.29, 1.82) is 0 Å². The molecule has 0 aromatic carbocycles. The van der Waals surface area contributed by atoms with E-state index in [1.807, 2.05) is 0 Å². The van der Waals surface area contributed by atoms with Crippen LogP contribution in [-0.4, -0.2) is 0 Å². The second-order valence-corrected chi connectivity index (χ2v) is 2.11. The molecule has 2 heteroatoms. The molecule has 1 rings (SSSR count). The van der Waals surface area contributed by atoms with E-state index in [-0.39, 0.29) is 0 Å². The van der Waals surface area contributed by atoms with Crippen LogP contribution >= 0.6 is 0 Å². The van der Waals surface area contributed by atoms with Crippen molar-refractivity contribution in [2.45, 2.75) is 26.7 Å². The van der Waals surface area contributed by atoms with E-state index in [9.17, 15) is 0 Å². The Morgan fingerprint density at radius 1 is 1.40 bits per heavy atom. The predicted octanol–water partition coefficient (Wildman–Crippen LogP) is 2.12. The van der Waals surface area contributed by atoms with Gasteiger partial charge in [0.15, 0.2) is 0 Å². The molecule has 0 saturated carbocycles. The van der Waals surface area contributed by atoms with Crippen molar-refractivity contribution in [1.82, 2.24) is 5.32 Å². The molecular formula is C8H12NO. The van der Waals surface area contributed by atoms with Gasteiger partial charge in [-0.05, 0) is 6.42 Å². The van der Waals surface area contributed by atoms with Crippen molar-refractivity contribution in [3.8, 4) is 0 Å². The fourth-order valence-corrected chi connectivity index (χ4v) is 0.949. The van der Waals surface area contributed by atoms with Crippen LogP contribution in [0.3, 0.4) is 0 Å². The van der Waals surface area contributed by atoms with Crippen molar-refractivity contribution in [3.05, 3.63) is 23.9 Å². The number of nitrogens with zero attached hydrogens (tertiary/aromatic N) is 1. The van der Waals surface area contributed by atoms with E-state index in [1.54, 1.807) is 12.5 Å². The Labute approximate surface area is 61.6 Å². The van der Waals surface area contributed by atoms with Gasteiger partial charge in [0.05, 0.1) is 11.9 Å². The zero-order chi connectivity index (χ0) is 7.40. The molecule has 10 heavy (non-hydrogen) atoms. The lowest BCUT2D eigenvalue weighted by Crippen LogP contribution is -2.05. The summed E-state index contributed by atoms with van der Waals surface area (Å²) < 4.78 is 5.24. The van der Waals surface area contributed by atoms with Crippen molar-refractivity contribution < 1.29 is 4.74 Å². The number of ether oxygens (including phenoxy) is 1. The maximum atomic E-state index is 5.24. The molecule has 0 saturated heterocycles. The first-order chi connectivity index (χ1) is 4.88. The van der Waals surface area contributed by atoms with Gasteiger partial charge in [0.2, 0.25) is 0 Å². The van der Waals surface area contributed by atoms with Gasteiger partial charge in [0.25, 0.3) is 0 Å². The molecule has 0 atom stereocenters. The van der Waals surface area contributed by atoms with Crippen LogP contribution in [0.25, 0.3) is 0 Å². The molecule has 1 aliphatic heterocycles. The molecule has 0 aromatic heterocycles. The fraction of sp³-hybridized carbons (Fsp3) is 0.500. The molecule has 1 heterocycles. The molecule has 0 unspecified atom stereocenters. The van der Waals surface area contributed by atoms with Gasteiger partial charge in [-0.2, -0.15) is 0 Å². The molecule has 0 aromatic rings. The quantitative estimate of drug-likeness (QED) is 0.573. The molecule has 1 radical (unpaired) electrons. The molecule has 1 aliphatic rings. The van der Waals surface area contributed by atoms with E-state index < -0.39 is 0 Å². The Hall–Kier alpha value is -0.920. The largest absolute Gasteiger partial charge is 0.466 e. The first kappa shape index (κ1) is 7.19. The summed E-state index contributed by atoms with van der Waals surface area (Å²) in [5, 5.41) is 4.17. The van der Waals surface area contributed by atoms with Crippen LogP contribution in [0, 0.1) is 0 Å². The summed E-state index contributed by atoms with van der Waals surface area (Å²) in [6.45, 7) is 4.15. The number of hydrogen-bond acceptors (Lipinski definition) is 1. The van der Waals surface area contributed by atoms with E-state index in [2.05, 4.69) is 19.2 Å². The average molecular weight is 138 g/mol. The van der Waals surface area contributed by atoms with Crippen molar-refractivity contribution >= 4 is 0 Å². The van der Waals surface area contributed by atoms with Gasteiger partial charge in [0, 0.05) is 6.42 Å². The highest BCUT2D eigenvalue weighted by Gasteiger charge is 2.06. The van der Waals surface area contributed by atoms with Gasteiger partial charge in [0.1, 0.15) is 12.0 Å². The van der Waals surface area contributed by atoms with Crippen LogP contribution in [0.1, 0.15) is 26.7 Å². The molecule has 0 N–H and O–H groups in total. The molecular weight excluding hydrogens is 126 g/mol. The highest BCUT2D eigenvalue weighted by Crippen LogP contribution is 2.15. The minimum Gasteiger partial charge on any atom is -0.466 e. The highest BCUT2D eigenvalue weighted by molar-refractivity contribution is 5.12. The molecule has 55 valence electrons. The van der Waals surface area contributed by atoms with Crippen LogP contribution in [0.2, 0.25) is 0 Å². The fourth-order valence-electron chi connectivity index (χ4n) is 0.949.